The lowest BCUT2D eigenvalue weighted by molar-refractivity contribution is -0.359. The average Bonchev–Trinajstić information content (AvgIpc) is 2.64. The molecule has 0 saturated carbocycles. The zero-order valence-electron chi connectivity index (χ0n) is 14.9. The van der Waals surface area contributed by atoms with Crippen molar-refractivity contribution in [3.05, 3.63) is 29.8 Å². The number of carbonyl (C=O) groups is 2. The molecule has 0 N–H and O–H groups in total. The quantitative estimate of drug-likeness (QED) is 0.241. The molecule has 0 aliphatic heterocycles. The van der Waals surface area contributed by atoms with Crippen molar-refractivity contribution in [2.75, 3.05) is 6.61 Å². The van der Waals surface area contributed by atoms with Gasteiger partial charge >= 0.3 is 42.0 Å². The SMILES string of the molecule is O=C(OCC(F)(F)C(F)(F)C(F)(F)F)c1cccc(SC(=O)C(F)(F)C(F)(F)C(F)(F)F)c1. The largest absolute Gasteiger partial charge is 0.460 e. The Labute approximate surface area is 177 Å². The van der Waals surface area contributed by atoms with Gasteiger partial charge in [-0.2, -0.15) is 61.5 Å². The molecule has 1 rings (SSSR count). The number of carbonyl (C=O) groups excluding carboxylic acids is 2. The maximum absolute atomic E-state index is 13.3. The van der Waals surface area contributed by atoms with Gasteiger partial charge in [0.05, 0.1) is 5.56 Å². The van der Waals surface area contributed by atoms with Gasteiger partial charge in [-0.3, -0.25) is 4.79 Å². The highest BCUT2D eigenvalue weighted by molar-refractivity contribution is 8.13. The maximum Gasteiger partial charge on any atom is 0.460 e. The van der Waals surface area contributed by atoms with E-state index in [1.807, 2.05) is 0 Å². The zero-order valence-corrected chi connectivity index (χ0v) is 15.8. The molecule has 0 bridgehead atoms. The summed E-state index contributed by atoms with van der Waals surface area (Å²) in [7, 11) is 0. The number of benzene rings is 1. The Balaban J connectivity index is 3.01. The van der Waals surface area contributed by atoms with Crippen LogP contribution in [-0.2, 0) is 9.53 Å². The number of esters is 1. The number of rotatable bonds is 7. The predicted octanol–water partition coefficient (Wildman–Crippen LogP) is 6.13. The predicted molar refractivity (Wildman–Crippen MR) is 79.5 cm³/mol. The summed E-state index contributed by atoms with van der Waals surface area (Å²) in [6.07, 6.45) is -13.6. The number of hydrogen-bond donors (Lipinski definition) is 0. The van der Waals surface area contributed by atoms with Gasteiger partial charge in [-0.05, 0) is 30.0 Å². The Kier molecular flexibility index (Phi) is 7.69. The first kappa shape index (κ1) is 28.8. The van der Waals surface area contributed by atoms with E-state index in [4.69, 9.17) is 0 Å². The summed E-state index contributed by atoms with van der Waals surface area (Å²) >= 11 is -0.937. The number of ether oxygens (including phenoxy) is 1. The monoisotopic (exact) mass is 532 g/mol. The Morgan fingerprint density at radius 3 is 1.70 bits per heavy atom. The second-order valence-electron chi connectivity index (χ2n) is 5.92. The molecule has 0 aliphatic carbocycles. The molecule has 0 unspecified atom stereocenters. The smallest absolute Gasteiger partial charge is 0.455 e. The zero-order chi connectivity index (χ0) is 26.3. The van der Waals surface area contributed by atoms with Crippen LogP contribution in [0.1, 0.15) is 10.4 Å². The molecule has 0 amide bonds. The van der Waals surface area contributed by atoms with Crippen molar-refractivity contribution in [3.63, 3.8) is 0 Å². The van der Waals surface area contributed by atoms with Gasteiger partial charge in [0.1, 0.15) is 0 Å². The highest BCUT2D eigenvalue weighted by Crippen LogP contribution is 2.49. The Morgan fingerprint density at radius 2 is 1.24 bits per heavy atom. The van der Waals surface area contributed by atoms with Crippen molar-refractivity contribution in [1.29, 1.82) is 0 Å². The van der Waals surface area contributed by atoms with Crippen LogP contribution in [0, 0.1) is 0 Å². The van der Waals surface area contributed by atoms with E-state index in [-0.39, 0.29) is 6.07 Å². The first-order valence-corrected chi connectivity index (χ1v) is 8.45. The fourth-order valence-corrected chi connectivity index (χ4v) is 2.50. The van der Waals surface area contributed by atoms with Gasteiger partial charge in [0.25, 0.3) is 5.12 Å². The summed E-state index contributed by atoms with van der Waals surface area (Å²) < 4.78 is 180. The Hall–Kier alpha value is -2.27. The lowest BCUT2D eigenvalue weighted by Gasteiger charge is -2.27. The van der Waals surface area contributed by atoms with Crippen molar-refractivity contribution >= 4 is 22.8 Å². The van der Waals surface area contributed by atoms with Crippen LogP contribution in [0.3, 0.4) is 0 Å². The van der Waals surface area contributed by atoms with Crippen LogP contribution < -0.4 is 0 Å². The van der Waals surface area contributed by atoms with Crippen LogP contribution in [-0.4, -0.2) is 53.7 Å². The van der Waals surface area contributed by atoms with Crippen molar-refractivity contribution in [1.82, 2.24) is 0 Å². The molecule has 0 radical (unpaired) electrons. The van der Waals surface area contributed by atoms with E-state index < -0.39 is 76.0 Å². The lowest BCUT2D eigenvalue weighted by atomic mass is 10.1. The normalized spacial score (nSPS) is 14.2. The third-order valence-corrected chi connectivity index (χ3v) is 4.42. The number of halogens is 14. The Morgan fingerprint density at radius 1 is 0.758 bits per heavy atom. The summed E-state index contributed by atoms with van der Waals surface area (Å²) in [5.74, 6) is -27.7. The summed E-state index contributed by atoms with van der Waals surface area (Å²) in [5, 5.41) is -3.05. The van der Waals surface area contributed by atoms with Crippen LogP contribution in [0.5, 0.6) is 0 Å². The molecule has 0 spiro atoms. The molecule has 1 aromatic carbocycles. The molecule has 1 aromatic rings. The van der Waals surface area contributed by atoms with Crippen molar-refractivity contribution in [2.24, 2.45) is 0 Å². The summed E-state index contributed by atoms with van der Waals surface area (Å²) in [6.45, 7) is -2.81. The Bertz CT molecular complexity index is 891. The van der Waals surface area contributed by atoms with Crippen molar-refractivity contribution < 1.29 is 75.8 Å². The third-order valence-electron chi connectivity index (χ3n) is 3.49. The minimum Gasteiger partial charge on any atom is -0.455 e. The molecule has 33 heavy (non-hydrogen) atoms. The van der Waals surface area contributed by atoms with Gasteiger partial charge in [0.15, 0.2) is 6.61 Å². The highest BCUT2D eigenvalue weighted by Gasteiger charge is 2.76. The first-order chi connectivity index (χ1) is 14.5. The van der Waals surface area contributed by atoms with E-state index in [0.29, 0.717) is 18.2 Å². The van der Waals surface area contributed by atoms with Gasteiger partial charge in [0.2, 0.25) is 0 Å². The van der Waals surface area contributed by atoms with Gasteiger partial charge < -0.3 is 4.74 Å². The molecular weight excluding hydrogens is 526 g/mol. The fourth-order valence-electron chi connectivity index (χ4n) is 1.70. The molecule has 0 aliphatic rings. The van der Waals surface area contributed by atoms with Crippen LogP contribution in [0.25, 0.3) is 0 Å². The molecule has 188 valence electrons. The van der Waals surface area contributed by atoms with Crippen LogP contribution >= 0.6 is 11.8 Å². The second kappa shape index (κ2) is 8.83. The molecule has 0 heterocycles. The maximum atomic E-state index is 13.3. The highest BCUT2D eigenvalue weighted by atomic mass is 32.2. The molecular formula is C15H6F14O3S. The van der Waals surface area contributed by atoms with Gasteiger partial charge in [0, 0.05) is 4.90 Å². The fraction of sp³-hybridized carbons (Fsp3) is 0.467. The van der Waals surface area contributed by atoms with E-state index in [0.717, 1.165) is 0 Å². The van der Waals surface area contributed by atoms with E-state index in [2.05, 4.69) is 4.74 Å². The minimum atomic E-state index is -6.83. The first-order valence-electron chi connectivity index (χ1n) is 7.63. The minimum absolute atomic E-state index is 0.257. The van der Waals surface area contributed by atoms with Crippen LogP contribution in [0.4, 0.5) is 61.5 Å². The standard InChI is InChI=1S/C15H6F14O3S/c16-10(17,12(20,21)14(24,25)26)5-32-8(30)6-2-1-3-7(4-6)33-9(31)11(18,19)13(22,23)15(27,28)29/h1-4H,5H2. The summed E-state index contributed by atoms with van der Waals surface area (Å²) in [4.78, 5) is 22.0. The van der Waals surface area contributed by atoms with Gasteiger partial charge in [-0.1, -0.05) is 6.07 Å². The van der Waals surface area contributed by atoms with Crippen molar-refractivity contribution in [2.45, 2.75) is 40.9 Å². The molecule has 0 saturated heterocycles. The average molecular weight is 532 g/mol. The van der Waals surface area contributed by atoms with E-state index in [1.165, 1.54) is 0 Å². The third kappa shape index (κ3) is 5.63. The number of alkyl halides is 14. The summed E-state index contributed by atoms with van der Waals surface area (Å²) in [6, 6.07) is 2.09. The molecule has 0 aromatic heterocycles. The molecule has 0 atom stereocenters. The second-order valence-corrected chi connectivity index (χ2v) is 6.96. The molecule has 18 heteroatoms. The van der Waals surface area contributed by atoms with Crippen LogP contribution in [0.15, 0.2) is 29.2 Å². The van der Waals surface area contributed by atoms with Crippen LogP contribution in [0.2, 0.25) is 0 Å². The summed E-state index contributed by atoms with van der Waals surface area (Å²) in [5.41, 5.74) is -1.04. The van der Waals surface area contributed by atoms with Gasteiger partial charge in [-0.15, -0.1) is 0 Å². The molecule has 3 nitrogen and oxygen atoms in total. The topological polar surface area (TPSA) is 43.4 Å². The molecule has 0 fully saturated rings. The number of thioether (sulfide) groups is 1. The lowest BCUT2D eigenvalue weighted by Crippen LogP contribution is -2.55. The number of hydrogen-bond acceptors (Lipinski definition) is 4. The van der Waals surface area contributed by atoms with E-state index in [1.54, 1.807) is 0 Å². The van der Waals surface area contributed by atoms with E-state index in [9.17, 15) is 71.1 Å². The van der Waals surface area contributed by atoms with Crippen molar-refractivity contribution in [3.8, 4) is 0 Å². The van der Waals surface area contributed by atoms with E-state index >= 15 is 0 Å². The van der Waals surface area contributed by atoms with Gasteiger partial charge in [-0.25, -0.2) is 4.79 Å².